The van der Waals surface area contributed by atoms with Crippen molar-refractivity contribution in [2.75, 3.05) is 0 Å². The highest BCUT2D eigenvalue weighted by Gasteiger charge is 2.43. The van der Waals surface area contributed by atoms with Gasteiger partial charge in [-0.3, -0.25) is 0 Å². The summed E-state index contributed by atoms with van der Waals surface area (Å²) in [5.74, 6) is 1.78. The third-order valence-electron chi connectivity index (χ3n) is 5.32. The van der Waals surface area contributed by atoms with Crippen LogP contribution in [0.25, 0.3) is 5.57 Å². The number of allylic oxidation sites excluding steroid dienone is 5. The third kappa shape index (κ3) is 3.63. The first-order chi connectivity index (χ1) is 13.9. The summed E-state index contributed by atoms with van der Waals surface area (Å²) in [6.45, 7) is 13.1. The molecular formula is C26H29O2P. The first-order valence-electron chi connectivity index (χ1n) is 10.2. The van der Waals surface area contributed by atoms with E-state index < -0.39 is 7.34 Å². The van der Waals surface area contributed by atoms with Crippen molar-refractivity contribution in [3.05, 3.63) is 89.8 Å². The normalized spacial score (nSPS) is 22.6. The van der Waals surface area contributed by atoms with Crippen LogP contribution in [-0.4, -0.2) is 5.29 Å². The lowest BCUT2D eigenvalue weighted by atomic mass is 9.86. The highest BCUT2D eigenvalue weighted by atomic mass is 31.2. The topological polar surface area (TPSA) is 18.5 Å². The molecule has 2 aromatic carbocycles. The van der Waals surface area contributed by atoms with Crippen molar-refractivity contribution in [1.82, 2.24) is 0 Å². The Balaban J connectivity index is 1.94. The maximum atomic E-state index is 6.95. The van der Waals surface area contributed by atoms with E-state index in [1.165, 1.54) is 10.9 Å². The van der Waals surface area contributed by atoms with Gasteiger partial charge in [0, 0.05) is 10.9 Å². The van der Waals surface area contributed by atoms with E-state index in [2.05, 4.69) is 63.8 Å². The zero-order chi connectivity index (χ0) is 20.6. The Bertz CT molecular complexity index is 1070. The molecule has 0 aromatic heterocycles. The van der Waals surface area contributed by atoms with Crippen LogP contribution in [0.3, 0.4) is 0 Å². The van der Waals surface area contributed by atoms with Gasteiger partial charge in [-0.25, -0.2) is 0 Å². The van der Waals surface area contributed by atoms with Gasteiger partial charge >= 0.3 is 0 Å². The van der Waals surface area contributed by atoms with Crippen LogP contribution in [0.15, 0.2) is 78.7 Å². The molecule has 2 aliphatic rings. The van der Waals surface area contributed by atoms with E-state index >= 15 is 0 Å². The summed E-state index contributed by atoms with van der Waals surface area (Å²) >= 11 is 0. The SMILES string of the molecule is C=C1/C(=C\C=C/C)P(Oc2ccccc2C(C)(C)C)(=C2CC2)Oc2ccccc21. The Kier molecular flexibility index (Phi) is 5.09. The average Bonchev–Trinajstić information content (AvgIpc) is 3.53. The van der Waals surface area contributed by atoms with E-state index in [1.807, 2.05) is 37.3 Å². The van der Waals surface area contributed by atoms with Gasteiger partial charge in [0.2, 0.25) is 0 Å². The minimum Gasteiger partial charge on any atom is -0.439 e. The second kappa shape index (κ2) is 7.43. The number of rotatable bonds is 3. The number of hydrogen-bond acceptors (Lipinski definition) is 2. The minimum absolute atomic E-state index is 0.0211. The molecule has 29 heavy (non-hydrogen) atoms. The van der Waals surface area contributed by atoms with Crippen LogP contribution in [0.1, 0.15) is 51.7 Å². The maximum absolute atomic E-state index is 6.95. The van der Waals surface area contributed by atoms with E-state index in [1.54, 1.807) is 0 Å². The Hall–Kier alpha value is -2.44. The van der Waals surface area contributed by atoms with Gasteiger partial charge in [-0.15, -0.1) is 0 Å². The molecule has 150 valence electrons. The lowest BCUT2D eigenvalue weighted by Gasteiger charge is -2.37. The molecule has 1 unspecified atom stereocenters. The summed E-state index contributed by atoms with van der Waals surface area (Å²) in [6.07, 6.45) is 8.34. The fourth-order valence-electron chi connectivity index (χ4n) is 3.71. The largest absolute Gasteiger partial charge is 0.439 e. The van der Waals surface area contributed by atoms with Crippen LogP contribution in [0, 0.1) is 0 Å². The second-order valence-corrected chi connectivity index (χ2v) is 11.2. The maximum Gasteiger partial charge on any atom is 0.252 e. The fourth-order valence-corrected chi connectivity index (χ4v) is 6.87. The smallest absolute Gasteiger partial charge is 0.252 e. The van der Waals surface area contributed by atoms with Crippen LogP contribution in [-0.2, 0) is 5.41 Å². The number of hydrogen-bond donors (Lipinski definition) is 0. The molecule has 0 N–H and O–H groups in total. The van der Waals surface area contributed by atoms with Gasteiger partial charge in [0.25, 0.3) is 7.34 Å². The van der Waals surface area contributed by atoms with Crippen molar-refractivity contribution in [1.29, 1.82) is 0 Å². The Morgan fingerprint density at radius 1 is 1.03 bits per heavy atom. The highest BCUT2D eigenvalue weighted by molar-refractivity contribution is 7.73. The molecule has 1 fully saturated rings. The summed E-state index contributed by atoms with van der Waals surface area (Å²) in [5.41, 5.74) is 3.23. The van der Waals surface area contributed by atoms with Crippen LogP contribution in [0.4, 0.5) is 0 Å². The van der Waals surface area contributed by atoms with Gasteiger partial charge in [0.15, 0.2) is 0 Å². The van der Waals surface area contributed by atoms with Gasteiger partial charge < -0.3 is 9.05 Å². The van der Waals surface area contributed by atoms with Gasteiger partial charge in [-0.2, -0.15) is 0 Å². The standard InChI is InChI=1S/C26H29O2P/c1-6-7-16-25-19(2)21-12-8-10-14-23(21)27-29(25,20-17-18-20)28-24-15-11-9-13-22(24)26(3,4)5/h6-16H,2,17-18H2,1,3-5H3/b7-6-,25-16+. The van der Waals surface area contributed by atoms with Crippen molar-refractivity contribution in [2.24, 2.45) is 0 Å². The molecule has 0 bridgehead atoms. The predicted molar refractivity (Wildman–Crippen MR) is 126 cm³/mol. The predicted octanol–water partition coefficient (Wildman–Crippen LogP) is 7.74. The highest BCUT2D eigenvalue weighted by Crippen LogP contribution is 2.69. The molecule has 1 heterocycles. The van der Waals surface area contributed by atoms with Crippen LogP contribution < -0.4 is 9.05 Å². The summed E-state index contributed by atoms with van der Waals surface area (Å²) in [4.78, 5) is 0. The molecule has 3 heteroatoms. The summed E-state index contributed by atoms with van der Waals surface area (Å²) in [5, 5.41) is 2.46. The summed E-state index contributed by atoms with van der Waals surface area (Å²) in [6, 6.07) is 16.5. The zero-order valence-electron chi connectivity index (χ0n) is 17.7. The van der Waals surface area contributed by atoms with Crippen LogP contribution in [0.2, 0.25) is 0 Å². The number of fused-ring (bicyclic) bond motifs is 1. The summed E-state index contributed by atoms with van der Waals surface area (Å²) < 4.78 is 13.7. The van der Waals surface area contributed by atoms with E-state index in [-0.39, 0.29) is 5.41 Å². The molecule has 0 saturated heterocycles. The molecule has 4 rings (SSSR count). The van der Waals surface area contributed by atoms with Crippen LogP contribution >= 0.6 is 7.34 Å². The zero-order valence-corrected chi connectivity index (χ0v) is 18.6. The lowest BCUT2D eigenvalue weighted by molar-refractivity contribution is 0.471. The molecule has 1 aliphatic heterocycles. The van der Waals surface area contributed by atoms with E-state index in [9.17, 15) is 0 Å². The van der Waals surface area contributed by atoms with Gasteiger partial charge in [0.1, 0.15) is 11.5 Å². The molecule has 1 saturated carbocycles. The van der Waals surface area contributed by atoms with Crippen molar-refractivity contribution in [3.63, 3.8) is 0 Å². The van der Waals surface area contributed by atoms with Crippen molar-refractivity contribution in [3.8, 4) is 11.5 Å². The quantitative estimate of drug-likeness (QED) is 0.487. The lowest BCUT2D eigenvalue weighted by Crippen LogP contribution is -2.17. The molecule has 0 amide bonds. The fraction of sp³-hybridized carbons (Fsp3) is 0.269. The van der Waals surface area contributed by atoms with Gasteiger partial charge in [0.05, 0.1) is 5.31 Å². The van der Waals surface area contributed by atoms with E-state index in [0.29, 0.717) is 0 Å². The van der Waals surface area contributed by atoms with Crippen LogP contribution in [0.5, 0.6) is 11.5 Å². The first-order valence-corrected chi connectivity index (χ1v) is 11.8. The molecule has 0 radical (unpaired) electrons. The molecule has 2 aromatic rings. The minimum atomic E-state index is -2.47. The molecule has 1 atom stereocenters. The first kappa shape index (κ1) is 19.9. The molecule has 1 aliphatic carbocycles. The van der Waals surface area contributed by atoms with Gasteiger partial charge in [-0.05, 0) is 54.5 Å². The van der Waals surface area contributed by atoms with Crippen molar-refractivity contribution in [2.45, 2.75) is 46.0 Å². The monoisotopic (exact) mass is 404 g/mol. The number of para-hydroxylation sites is 2. The second-order valence-electron chi connectivity index (χ2n) is 8.60. The molecule has 2 nitrogen and oxygen atoms in total. The third-order valence-corrected chi connectivity index (χ3v) is 8.56. The Morgan fingerprint density at radius 3 is 2.41 bits per heavy atom. The van der Waals surface area contributed by atoms with E-state index in [0.717, 1.165) is 40.8 Å². The molecule has 0 spiro atoms. The number of benzene rings is 2. The average molecular weight is 404 g/mol. The van der Waals surface area contributed by atoms with Gasteiger partial charge in [-0.1, -0.05) is 75.9 Å². The summed E-state index contributed by atoms with van der Waals surface area (Å²) in [7, 11) is -2.47. The Morgan fingerprint density at radius 2 is 1.72 bits per heavy atom. The van der Waals surface area contributed by atoms with E-state index in [4.69, 9.17) is 9.05 Å². The molecular weight excluding hydrogens is 375 g/mol. The van der Waals surface area contributed by atoms with Crippen molar-refractivity contribution < 1.29 is 9.05 Å². The Labute approximate surface area is 174 Å². The van der Waals surface area contributed by atoms with Crippen molar-refractivity contribution >= 4 is 18.2 Å².